The Bertz CT molecular complexity index is 777. The minimum Gasteiger partial charge on any atom is -0.307 e. The Balaban J connectivity index is 1.86. The van der Waals surface area contributed by atoms with Crippen LogP contribution in [-0.4, -0.2) is 30.4 Å². The van der Waals surface area contributed by atoms with Gasteiger partial charge in [-0.1, -0.05) is 30.3 Å². The van der Waals surface area contributed by atoms with Crippen LogP contribution in [-0.2, 0) is 11.3 Å². The van der Waals surface area contributed by atoms with Gasteiger partial charge >= 0.3 is 6.03 Å². The number of amides is 3. The van der Waals surface area contributed by atoms with Crippen LogP contribution in [0, 0.1) is 19.7 Å². The summed E-state index contributed by atoms with van der Waals surface area (Å²) in [6.45, 7) is 4.10. The number of anilines is 1. The summed E-state index contributed by atoms with van der Waals surface area (Å²) in [5.74, 6) is -0.774. The minimum absolute atomic E-state index is 0.0193. The molecule has 0 unspecified atom stereocenters. The highest BCUT2D eigenvalue weighted by molar-refractivity contribution is 6.02. The van der Waals surface area contributed by atoms with Crippen LogP contribution in [0.1, 0.15) is 16.7 Å². The second kappa shape index (κ2) is 8.39. The maximum absolute atomic E-state index is 13.6. The molecule has 2 aromatic carbocycles. The number of hydrogen-bond acceptors (Lipinski definition) is 3. The van der Waals surface area contributed by atoms with E-state index < -0.39 is 11.9 Å². The van der Waals surface area contributed by atoms with E-state index in [0.29, 0.717) is 11.3 Å². The Hall–Kier alpha value is -2.73. The molecule has 0 bridgehead atoms. The summed E-state index contributed by atoms with van der Waals surface area (Å²) < 4.78 is 13.6. The number of hydrogen-bond donors (Lipinski definition) is 2. The highest BCUT2D eigenvalue weighted by atomic mass is 19.1. The molecule has 2 N–H and O–H groups in total. The monoisotopic (exact) mass is 343 g/mol. The number of nitrogens with zero attached hydrogens (tertiary/aromatic N) is 1. The highest BCUT2D eigenvalue weighted by Crippen LogP contribution is 2.17. The predicted octanol–water partition coefficient (Wildman–Crippen LogP) is 3.22. The molecule has 0 atom stereocenters. The van der Waals surface area contributed by atoms with Crippen molar-refractivity contribution in [2.45, 2.75) is 20.4 Å². The van der Waals surface area contributed by atoms with Gasteiger partial charge in [0.25, 0.3) is 0 Å². The molecule has 0 fully saturated rings. The van der Waals surface area contributed by atoms with Crippen molar-refractivity contribution in [2.75, 3.05) is 18.9 Å². The van der Waals surface area contributed by atoms with Crippen molar-refractivity contribution >= 4 is 17.6 Å². The minimum atomic E-state index is -0.585. The zero-order valence-corrected chi connectivity index (χ0v) is 14.6. The standard InChI is InChI=1S/C19H22FN3O2/c1-13-7-6-10-17(14(13)2)21-19(25)22-18(24)12-23(3)11-15-8-4-5-9-16(15)20/h4-10H,11-12H2,1-3H3,(H2,21,22,24,25). The quantitative estimate of drug-likeness (QED) is 0.876. The number of aryl methyl sites for hydroxylation is 1. The molecular formula is C19H22FN3O2. The van der Waals surface area contributed by atoms with E-state index >= 15 is 0 Å². The van der Waals surface area contributed by atoms with E-state index in [0.717, 1.165) is 11.1 Å². The molecule has 6 heteroatoms. The third-order valence-electron chi connectivity index (χ3n) is 3.92. The molecule has 0 saturated heterocycles. The number of carbonyl (C=O) groups is 2. The second-order valence-corrected chi connectivity index (χ2v) is 6.01. The molecule has 132 valence electrons. The molecule has 0 aromatic heterocycles. The lowest BCUT2D eigenvalue weighted by Gasteiger charge is -2.17. The van der Waals surface area contributed by atoms with E-state index in [9.17, 15) is 14.0 Å². The molecule has 0 saturated carbocycles. The fraction of sp³-hybridized carbons (Fsp3) is 0.263. The van der Waals surface area contributed by atoms with Crippen molar-refractivity contribution < 1.29 is 14.0 Å². The number of benzene rings is 2. The molecule has 25 heavy (non-hydrogen) atoms. The van der Waals surface area contributed by atoms with Crippen molar-refractivity contribution in [3.8, 4) is 0 Å². The van der Waals surface area contributed by atoms with Gasteiger partial charge < -0.3 is 5.32 Å². The van der Waals surface area contributed by atoms with Gasteiger partial charge in [-0.2, -0.15) is 0 Å². The van der Waals surface area contributed by atoms with Crippen LogP contribution in [0.4, 0.5) is 14.9 Å². The van der Waals surface area contributed by atoms with Gasteiger partial charge in [0.15, 0.2) is 0 Å². The number of halogens is 1. The van der Waals surface area contributed by atoms with E-state index in [2.05, 4.69) is 10.6 Å². The second-order valence-electron chi connectivity index (χ2n) is 6.01. The third kappa shape index (κ3) is 5.39. The van der Waals surface area contributed by atoms with Gasteiger partial charge in [-0.05, 0) is 44.2 Å². The zero-order chi connectivity index (χ0) is 18.4. The fourth-order valence-corrected chi connectivity index (χ4v) is 2.42. The number of nitrogens with one attached hydrogen (secondary N) is 2. The van der Waals surface area contributed by atoms with E-state index in [1.807, 2.05) is 26.0 Å². The average molecular weight is 343 g/mol. The first kappa shape index (κ1) is 18.6. The van der Waals surface area contributed by atoms with E-state index in [1.165, 1.54) is 6.07 Å². The Morgan fingerprint density at radius 2 is 1.80 bits per heavy atom. The average Bonchev–Trinajstić information content (AvgIpc) is 2.53. The first-order chi connectivity index (χ1) is 11.9. The van der Waals surface area contributed by atoms with Gasteiger partial charge in [-0.25, -0.2) is 9.18 Å². The number of imide groups is 1. The third-order valence-corrected chi connectivity index (χ3v) is 3.92. The van der Waals surface area contributed by atoms with Crippen LogP contribution in [0.3, 0.4) is 0 Å². The van der Waals surface area contributed by atoms with Crippen LogP contribution in [0.2, 0.25) is 0 Å². The molecule has 0 aliphatic heterocycles. The van der Waals surface area contributed by atoms with Crippen molar-refractivity contribution in [1.29, 1.82) is 0 Å². The van der Waals surface area contributed by atoms with Crippen LogP contribution in [0.25, 0.3) is 0 Å². The van der Waals surface area contributed by atoms with Crippen molar-refractivity contribution in [1.82, 2.24) is 10.2 Å². The number of rotatable bonds is 5. The van der Waals surface area contributed by atoms with Crippen LogP contribution < -0.4 is 10.6 Å². The summed E-state index contributed by atoms with van der Waals surface area (Å²) in [5, 5.41) is 4.95. The van der Waals surface area contributed by atoms with Crippen LogP contribution in [0.5, 0.6) is 0 Å². The van der Waals surface area contributed by atoms with Crippen molar-refractivity contribution in [2.24, 2.45) is 0 Å². The lowest BCUT2D eigenvalue weighted by atomic mass is 10.1. The maximum Gasteiger partial charge on any atom is 0.325 e. The first-order valence-corrected chi connectivity index (χ1v) is 7.96. The Kier molecular flexibility index (Phi) is 6.25. The number of urea groups is 1. The molecule has 2 aromatic rings. The topological polar surface area (TPSA) is 61.4 Å². The van der Waals surface area contributed by atoms with Gasteiger partial charge in [-0.15, -0.1) is 0 Å². The molecule has 2 rings (SSSR count). The maximum atomic E-state index is 13.6. The van der Waals surface area contributed by atoms with Gasteiger partial charge in [0.2, 0.25) is 5.91 Å². The largest absolute Gasteiger partial charge is 0.325 e. The molecule has 5 nitrogen and oxygen atoms in total. The van der Waals surface area contributed by atoms with E-state index in [4.69, 9.17) is 0 Å². The normalized spacial score (nSPS) is 10.6. The molecule has 0 aliphatic carbocycles. The summed E-state index contributed by atoms with van der Waals surface area (Å²) in [6, 6.07) is 11.4. The molecule has 0 aliphatic rings. The summed E-state index contributed by atoms with van der Waals surface area (Å²) >= 11 is 0. The fourth-order valence-electron chi connectivity index (χ4n) is 2.42. The van der Waals surface area contributed by atoms with Gasteiger partial charge in [0, 0.05) is 17.8 Å². The highest BCUT2D eigenvalue weighted by Gasteiger charge is 2.13. The SMILES string of the molecule is Cc1cccc(NC(=O)NC(=O)CN(C)Cc2ccccc2F)c1C. The summed E-state index contributed by atoms with van der Waals surface area (Å²) in [6.07, 6.45) is 0. The molecule has 0 spiro atoms. The lowest BCUT2D eigenvalue weighted by molar-refractivity contribution is -0.120. The van der Waals surface area contributed by atoms with Crippen molar-refractivity contribution in [3.05, 3.63) is 65.0 Å². The summed E-state index contributed by atoms with van der Waals surface area (Å²) in [5.41, 5.74) is 3.15. The Morgan fingerprint density at radius 3 is 2.52 bits per heavy atom. The lowest BCUT2D eigenvalue weighted by Crippen LogP contribution is -2.40. The van der Waals surface area contributed by atoms with Crippen LogP contribution in [0.15, 0.2) is 42.5 Å². The molecular weight excluding hydrogens is 321 g/mol. The molecule has 0 radical (unpaired) electrons. The van der Waals surface area contributed by atoms with Gasteiger partial charge in [-0.3, -0.25) is 15.0 Å². The summed E-state index contributed by atoms with van der Waals surface area (Å²) in [7, 11) is 1.69. The summed E-state index contributed by atoms with van der Waals surface area (Å²) in [4.78, 5) is 25.6. The van der Waals surface area contributed by atoms with Crippen LogP contribution >= 0.6 is 0 Å². The first-order valence-electron chi connectivity index (χ1n) is 7.96. The number of likely N-dealkylation sites (N-methyl/N-ethyl adjacent to an activating group) is 1. The zero-order valence-electron chi connectivity index (χ0n) is 14.6. The van der Waals surface area contributed by atoms with Gasteiger partial charge in [0.05, 0.1) is 6.54 Å². The van der Waals surface area contributed by atoms with Gasteiger partial charge in [0.1, 0.15) is 5.82 Å². The number of carbonyl (C=O) groups excluding carboxylic acids is 2. The van der Waals surface area contributed by atoms with E-state index in [-0.39, 0.29) is 18.9 Å². The Morgan fingerprint density at radius 1 is 1.08 bits per heavy atom. The molecule has 0 heterocycles. The predicted molar refractivity (Wildman–Crippen MR) is 95.8 cm³/mol. The molecule has 3 amide bonds. The van der Waals surface area contributed by atoms with Crippen molar-refractivity contribution in [3.63, 3.8) is 0 Å². The smallest absolute Gasteiger partial charge is 0.307 e. The Labute approximate surface area is 146 Å². The van der Waals surface area contributed by atoms with E-state index in [1.54, 1.807) is 36.2 Å².